The Kier molecular flexibility index (Phi) is 4.16. The van der Waals surface area contributed by atoms with E-state index in [0.717, 1.165) is 0 Å². The van der Waals surface area contributed by atoms with Gasteiger partial charge in [-0.1, -0.05) is 0 Å². The lowest BCUT2D eigenvalue weighted by molar-refractivity contribution is -0.166. The van der Waals surface area contributed by atoms with E-state index in [-0.39, 0.29) is 18.8 Å². The molecular weight excluding hydrogens is 198 g/mol. The summed E-state index contributed by atoms with van der Waals surface area (Å²) in [5.41, 5.74) is 5.48. The van der Waals surface area contributed by atoms with Crippen LogP contribution in [0.3, 0.4) is 0 Å². The Morgan fingerprint density at radius 3 is 2.62 bits per heavy atom. The molecule has 13 heavy (non-hydrogen) atoms. The van der Waals surface area contributed by atoms with E-state index in [1.807, 2.05) is 0 Å². The van der Waals surface area contributed by atoms with Crippen molar-refractivity contribution in [3.63, 3.8) is 0 Å². The van der Waals surface area contributed by atoms with Gasteiger partial charge in [0, 0.05) is 6.04 Å². The predicted molar refractivity (Wildman–Crippen MR) is 46.5 cm³/mol. The number of halogens is 1. The van der Waals surface area contributed by atoms with Gasteiger partial charge in [0.1, 0.15) is 12.0 Å². The van der Waals surface area contributed by atoms with Gasteiger partial charge in [-0.3, -0.25) is 9.59 Å². The van der Waals surface area contributed by atoms with E-state index < -0.39 is 30.0 Å². The van der Waals surface area contributed by atoms with E-state index in [4.69, 9.17) is 15.6 Å². The molecule has 0 aliphatic carbocycles. The normalized spacial score (nSPS) is 33.1. The second-order valence-electron chi connectivity index (χ2n) is 2.93. The fourth-order valence-corrected chi connectivity index (χ4v) is 1.38. The SMILES string of the molecule is CC1OC(=O)CC(N)C1C(=O)O.Cl. The summed E-state index contributed by atoms with van der Waals surface area (Å²) in [6, 6.07) is -0.626. The van der Waals surface area contributed by atoms with Crippen molar-refractivity contribution in [1.82, 2.24) is 0 Å². The number of cyclic esters (lactones) is 1. The van der Waals surface area contributed by atoms with Gasteiger partial charge in [0.15, 0.2) is 0 Å². The van der Waals surface area contributed by atoms with Crippen molar-refractivity contribution in [3.8, 4) is 0 Å². The van der Waals surface area contributed by atoms with Crippen LogP contribution in [0, 0.1) is 5.92 Å². The van der Waals surface area contributed by atoms with E-state index in [9.17, 15) is 9.59 Å². The Morgan fingerprint density at radius 2 is 2.23 bits per heavy atom. The topological polar surface area (TPSA) is 89.6 Å². The number of ether oxygens (including phenoxy) is 1. The van der Waals surface area contributed by atoms with Gasteiger partial charge in [0.2, 0.25) is 0 Å². The van der Waals surface area contributed by atoms with Crippen molar-refractivity contribution in [1.29, 1.82) is 0 Å². The summed E-state index contributed by atoms with van der Waals surface area (Å²) in [5, 5.41) is 8.69. The minimum absolute atomic E-state index is 0. The second kappa shape index (κ2) is 4.43. The van der Waals surface area contributed by atoms with Gasteiger partial charge in [-0.2, -0.15) is 0 Å². The van der Waals surface area contributed by atoms with Crippen molar-refractivity contribution in [2.75, 3.05) is 0 Å². The highest BCUT2D eigenvalue weighted by Gasteiger charge is 2.38. The van der Waals surface area contributed by atoms with Gasteiger partial charge in [0.25, 0.3) is 0 Å². The molecule has 1 aliphatic rings. The number of carbonyl (C=O) groups excluding carboxylic acids is 1. The predicted octanol–water partition coefficient (Wildman–Crippen LogP) is -0.228. The first-order chi connectivity index (χ1) is 5.52. The molecule has 1 heterocycles. The molecule has 1 saturated heterocycles. The molecule has 0 bridgehead atoms. The first-order valence-corrected chi connectivity index (χ1v) is 3.70. The summed E-state index contributed by atoms with van der Waals surface area (Å²) < 4.78 is 4.73. The van der Waals surface area contributed by atoms with E-state index in [0.29, 0.717) is 0 Å². The summed E-state index contributed by atoms with van der Waals surface area (Å²) in [6.07, 6.45) is -0.639. The fourth-order valence-electron chi connectivity index (χ4n) is 1.38. The zero-order valence-corrected chi connectivity index (χ0v) is 7.91. The summed E-state index contributed by atoms with van der Waals surface area (Å²) in [6.45, 7) is 1.54. The Morgan fingerprint density at radius 1 is 1.69 bits per heavy atom. The van der Waals surface area contributed by atoms with E-state index in [1.54, 1.807) is 0 Å². The molecule has 0 spiro atoms. The minimum atomic E-state index is -1.01. The lowest BCUT2D eigenvalue weighted by atomic mass is 9.90. The third-order valence-electron chi connectivity index (χ3n) is 1.97. The molecule has 1 aliphatic heterocycles. The molecule has 6 heteroatoms. The maximum absolute atomic E-state index is 10.8. The van der Waals surface area contributed by atoms with Crippen LogP contribution in [0.2, 0.25) is 0 Å². The van der Waals surface area contributed by atoms with Gasteiger partial charge in [-0.25, -0.2) is 0 Å². The van der Waals surface area contributed by atoms with Gasteiger partial charge in [0.05, 0.1) is 6.42 Å². The highest BCUT2D eigenvalue weighted by atomic mass is 35.5. The monoisotopic (exact) mass is 209 g/mol. The molecule has 76 valence electrons. The first kappa shape index (κ1) is 12.2. The Balaban J connectivity index is 0.00000144. The van der Waals surface area contributed by atoms with Crippen molar-refractivity contribution in [3.05, 3.63) is 0 Å². The molecular formula is C7H12ClNO4. The van der Waals surface area contributed by atoms with Gasteiger partial charge < -0.3 is 15.6 Å². The molecule has 3 atom stereocenters. The highest BCUT2D eigenvalue weighted by molar-refractivity contribution is 5.85. The molecule has 0 amide bonds. The van der Waals surface area contributed by atoms with Crippen molar-refractivity contribution < 1.29 is 19.4 Å². The maximum atomic E-state index is 10.8. The number of carbonyl (C=O) groups is 2. The average molecular weight is 210 g/mol. The van der Waals surface area contributed by atoms with E-state index in [1.165, 1.54) is 6.92 Å². The molecule has 0 aromatic heterocycles. The molecule has 5 nitrogen and oxygen atoms in total. The summed E-state index contributed by atoms with van der Waals surface area (Å²) in [5.74, 6) is -2.21. The van der Waals surface area contributed by atoms with E-state index >= 15 is 0 Å². The van der Waals surface area contributed by atoms with Crippen LogP contribution in [0.15, 0.2) is 0 Å². The van der Waals surface area contributed by atoms with Crippen molar-refractivity contribution in [2.24, 2.45) is 11.7 Å². The maximum Gasteiger partial charge on any atom is 0.311 e. The minimum Gasteiger partial charge on any atom is -0.481 e. The van der Waals surface area contributed by atoms with Crippen LogP contribution in [0.1, 0.15) is 13.3 Å². The number of hydrogen-bond donors (Lipinski definition) is 2. The average Bonchev–Trinajstić information content (AvgIpc) is 1.82. The quantitative estimate of drug-likeness (QED) is 0.583. The number of carboxylic acid groups (broad SMARTS) is 1. The number of carboxylic acids is 1. The number of aliphatic carboxylic acids is 1. The molecule has 0 radical (unpaired) electrons. The largest absolute Gasteiger partial charge is 0.481 e. The number of rotatable bonds is 1. The number of nitrogens with two attached hydrogens (primary N) is 1. The van der Waals surface area contributed by atoms with Crippen LogP contribution in [-0.2, 0) is 14.3 Å². The highest BCUT2D eigenvalue weighted by Crippen LogP contribution is 2.20. The molecule has 1 fully saturated rings. The standard InChI is InChI=1S/C7H11NO4.ClH/c1-3-6(7(10)11)4(8)2-5(9)12-3;/h3-4,6H,2,8H2,1H3,(H,10,11);1H. The summed E-state index contributed by atoms with van der Waals surface area (Å²) in [7, 11) is 0. The molecule has 0 saturated carbocycles. The number of hydrogen-bond acceptors (Lipinski definition) is 4. The van der Waals surface area contributed by atoms with Crippen LogP contribution in [0.4, 0.5) is 0 Å². The number of esters is 1. The van der Waals surface area contributed by atoms with Crippen LogP contribution in [-0.4, -0.2) is 29.2 Å². The van der Waals surface area contributed by atoms with Gasteiger partial charge >= 0.3 is 11.9 Å². The summed E-state index contributed by atoms with van der Waals surface area (Å²) >= 11 is 0. The van der Waals surface area contributed by atoms with Crippen molar-refractivity contribution in [2.45, 2.75) is 25.5 Å². The van der Waals surface area contributed by atoms with Crippen molar-refractivity contribution >= 4 is 24.3 Å². The lowest BCUT2D eigenvalue weighted by Gasteiger charge is -2.30. The van der Waals surface area contributed by atoms with Crippen LogP contribution < -0.4 is 5.73 Å². The third kappa shape index (κ3) is 2.57. The second-order valence-corrected chi connectivity index (χ2v) is 2.93. The third-order valence-corrected chi connectivity index (χ3v) is 1.97. The Labute approximate surface area is 81.6 Å². The zero-order valence-electron chi connectivity index (χ0n) is 7.10. The molecule has 0 aromatic rings. The fraction of sp³-hybridized carbons (Fsp3) is 0.714. The zero-order chi connectivity index (χ0) is 9.30. The Bertz CT molecular complexity index is 207. The Hall–Kier alpha value is -0.810. The first-order valence-electron chi connectivity index (χ1n) is 3.70. The summed E-state index contributed by atoms with van der Waals surface area (Å²) in [4.78, 5) is 21.4. The molecule has 0 aromatic carbocycles. The van der Waals surface area contributed by atoms with Crippen LogP contribution in [0.25, 0.3) is 0 Å². The molecule has 3 N–H and O–H groups in total. The van der Waals surface area contributed by atoms with E-state index in [2.05, 4.69) is 0 Å². The molecule has 1 rings (SSSR count). The van der Waals surface area contributed by atoms with Gasteiger partial charge in [-0.15, -0.1) is 12.4 Å². The van der Waals surface area contributed by atoms with Gasteiger partial charge in [-0.05, 0) is 6.92 Å². The lowest BCUT2D eigenvalue weighted by Crippen LogP contribution is -2.49. The smallest absolute Gasteiger partial charge is 0.311 e. The molecule has 3 unspecified atom stereocenters. The van der Waals surface area contributed by atoms with Crippen LogP contribution in [0.5, 0.6) is 0 Å². The van der Waals surface area contributed by atoms with Crippen LogP contribution >= 0.6 is 12.4 Å².